The van der Waals surface area contributed by atoms with Crippen LogP contribution in [-0.2, 0) is 20.7 Å². The van der Waals surface area contributed by atoms with Gasteiger partial charge in [0.25, 0.3) is 0 Å². The second-order valence-corrected chi connectivity index (χ2v) is 6.78. The summed E-state index contributed by atoms with van der Waals surface area (Å²) in [6.07, 6.45) is 11.4. The van der Waals surface area contributed by atoms with Gasteiger partial charge in [0.1, 0.15) is 5.56 Å². The van der Waals surface area contributed by atoms with Gasteiger partial charge in [-0.25, -0.2) is 4.79 Å². The fourth-order valence-electron chi connectivity index (χ4n) is 2.84. The molecule has 0 aliphatic carbocycles. The number of unbranched alkanes of at least 4 members (excludes halogenated alkanes) is 8. The zero-order chi connectivity index (χ0) is 20.6. The van der Waals surface area contributed by atoms with Crippen molar-refractivity contribution in [3.8, 4) is 11.8 Å². The summed E-state index contributed by atoms with van der Waals surface area (Å²) in [5, 5.41) is 3.87. The van der Waals surface area contributed by atoms with Crippen LogP contribution in [0.3, 0.4) is 0 Å². The van der Waals surface area contributed by atoms with Gasteiger partial charge in [-0.05, 0) is 19.3 Å². The van der Waals surface area contributed by atoms with Crippen LogP contribution in [0.25, 0.3) is 0 Å². The van der Waals surface area contributed by atoms with Crippen LogP contribution in [0.1, 0.15) is 99.4 Å². The summed E-state index contributed by atoms with van der Waals surface area (Å²) in [7, 11) is 2.74. The van der Waals surface area contributed by atoms with Gasteiger partial charge < -0.3 is 14.0 Å². The van der Waals surface area contributed by atoms with Gasteiger partial charge in [-0.15, -0.1) is 0 Å². The van der Waals surface area contributed by atoms with E-state index in [0.29, 0.717) is 17.7 Å². The van der Waals surface area contributed by atoms with Crippen molar-refractivity contribution in [3.05, 3.63) is 17.0 Å². The molecule has 0 bridgehead atoms. The summed E-state index contributed by atoms with van der Waals surface area (Å²) < 4.78 is 14.8. The van der Waals surface area contributed by atoms with E-state index in [-0.39, 0.29) is 11.7 Å². The Balaban J connectivity index is 2.47. The third-order valence-electron chi connectivity index (χ3n) is 4.52. The van der Waals surface area contributed by atoms with Crippen LogP contribution in [0.5, 0.6) is 0 Å². The fourth-order valence-corrected chi connectivity index (χ4v) is 2.84. The van der Waals surface area contributed by atoms with Crippen molar-refractivity contribution < 1.29 is 23.6 Å². The quantitative estimate of drug-likeness (QED) is 0.272. The van der Waals surface area contributed by atoms with Crippen molar-refractivity contribution in [2.24, 2.45) is 0 Å². The topological polar surface area (TPSA) is 78.6 Å². The number of carbonyl (C=O) groups excluding carboxylic acids is 2. The first-order valence-electron chi connectivity index (χ1n) is 10.3. The van der Waals surface area contributed by atoms with Crippen LogP contribution in [0.2, 0.25) is 0 Å². The molecule has 0 aliphatic rings. The molecule has 28 heavy (non-hydrogen) atoms. The Hall–Kier alpha value is -2.29. The summed E-state index contributed by atoms with van der Waals surface area (Å²) in [6, 6.07) is 0. The van der Waals surface area contributed by atoms with Gasteiger partial charge in [-0.3, -0.25) is 4.79 Å². The standard InChI is InChI=1S/C22H33NO5/c1-4-5-6-13-16-19-18(21(23-28-19)22(25)27-3)15-12-10-8-7-9-11-14-17-20(24)26-2/h4-11,13-14,16-17H2,1-3H3. The number of aryl methyl sites for hydroxylation is 1. The molecule has 0 radical (unpaired) electrons. The maximum absolute atomic E-state index is 11.9. The van der Waals surface area contributed by atoms with Crippen LogP contribution in [0.15, 0.2) is 4.52 Å². The van der Waals surface area contributed by atoms with Crippen molar-refractivity contribution in [1.82, 2.24) is 5.16 Å². The Kier molecular flexibility index (Phi) is 12.5. The molecule has 0 unspecified atom stereocenters. The van der Waals surface area contributed by atoms with E-state index in [0.717, 1.165) is 57.8 Å². The minimum atomic E-state index is -0.515. The summed E-state index contributed by atoms with van der Waals surface area (Å²) in [5.41, 5.74) is 0.740. The normalized spacial score (nSPS) is 10.2. The molecule has 0 saturated heterocycles. The molecule has 1 aromatic heterocycles. The van der Waals surface area contributed by atoms with Crippen molar-refractivity contribution in [1.29, 1.82) is 0 Å². The number of rotatable bonds is 13. The average Bonchev–Trinajstić information content (AvgIpc) is 3.11. The van der Waals surface area contributed by atoms with Crippen molar-refractivity contribution >= 4 is 11.9 Å². The van der Waals surface area contributed by atoms with Gasteiger partial charge in [0.05, 0.1) is 14.2 Å². The van der Waals surface area contributed by atoms with E-state index in [4.69, 9.17) is 9.26 Å². The molecular weight excluding hydrogens is 358 g/mol. The average molecular weight is 392 g/mol. The van der Waals surface area contributed by atoms with E-state index in [1.165, 1.54) is 27.1 Å². The molecular formula is C22H33NO5. The molecule has 0 amide bonds. The van der Waals surface area contributed by atoms with Gasteiger partial charge in [0, 0.05) is 19.3 Å². The third kappa shape index (κ3) is 9.07. The number of esters is 2. The number of hydrogen-bond donors (Lipinski definition) is 0. The molecule has 1 aromatic rings. The lowest BCUT2D eigenvalue weighted by Gasteiger charge is -1.99. The van der Waals surface area contributed by atoms with Crippen LogP contribution in [-0.4, -0.2) is 31.3 Å². The first kappa shape index (κ1) is 23.7. The van der Waals surface area contributed by atoms with Crippen LogP contribution >= 0.6 is 0 Å². The van der Waals surface area contributed by atoms with E-state index in [1.54, 1.807) is 0 Å². The largest absolute Gasteiger partial charge is 0.469 e. The highest BCUT2D eigenvalue weighted by atomic mass is 16.5. The number of aromatic nitrogens is 1. The Morgan fingerprint density at radius 3 is 2.39 bits per heavy atom. The summed E-state index contributed by atoms with van der Waals surface area (Å²) in [5.74, 6) is 6.22. The molecule has 0 spiro atoms. The SMILES string of the molecule is CCCCCCc1onc(C(=O)OC)c1C#CCCCCCCCC(=O)OC. The summed E-state index contributed by atoms with van der Waals surface area (Å²) in [4.78, 5) is 22.9. The second kappa shape index (κ2) is 14.7. The van der Waals surface area contributed by atoms with Crippen molar-refractivity contribution in [2.75, 3.05) is 14.2 Å². The molecule has 6 nitrogen and oxygen atoms in total. The maximum Gasteiger partial charge on any atom is 0.361 e. The van der Waals surface area contributed by atoms with Crippen molar-refractivity contribution in [3.63, 3.8) is 0 Å². The highest BCUT2D eigenvalue weighted by molar-refractivity contribution is 5.90. The molecule has 0 saturated carbocycles. The molecule has 0 fully saturated rings. The molecule has 0 atom stereocenters. The van der Waals surface area contributed by atoms with Gasteiger partial charge >= 0.3 is 11.9 Å². The Morgan fingerprint density at radius 1 is 0.964 bits per heavy atom. The maximum atomic E-state index is 11.9. The molecule has 1 heterocycles. The predicted molar refractivity (Wildman–Crippen MR) is 107 cm³/mol. The fraction of sp³-hybridized carbons (Fsp3) is 0.682. The van der Waals surface area contributed by atoms with Crippen molar-refractivity contribution in [2.45, 2.75) is 84.0 Å². The first-order chi connectivity index (χ1) is 13.6. The van der Waals surface area contributed by atoms with E-state index < -0.39 is 5.97 Å². The molecule has 6 heteroatoms. The highest BCUT2D eigenvalue weighted by Crippen LogP contribution is 2.18. The van der Waals surface area contributed by atoms with Gasteiger partial charge in [0.15, 0.2) is 5.76 Å². The molecule has 156 valence electrons. The Bertz CT molecular complexity index is 654. The number of ether oxygens (including phenoxy) is 2. The first-order valence-corrected chi connectivity index (χ1v) is 10.3. The molecule has 0 aliphatic heterocycles. The number of nitrogens with zero attached hydrogens (tertiary/aromatic N) is 1. The number of carbonyl (C=O) groups is 2. The zero-order valence-corrected chi connectivity index (χ0v) is 17.5. The predicted octanol–water partition coefficient (Wildman–Crippen LogP) is 4.84. The monoisotopic (exact) mass is 391 g/mol. The summed E-state index contributed by atoms with van der Waals surface area (Å²) in [6.45, 7) is 2.17. The smallest absolute Gasteiger partial charge is 0.361 e. The molecule has 0 aromatic carbocycles. The Labute approximate surface area is 168 Å². The van der Waals surface area contributed by atoms with Crippen LogP contribution in [0.4, 0.5) is 0 Å². The lowest BCUT2D eigenvalue weighted by Crippen LogP contribution is -2.04. The van der Waals surface area contributed by atoms with E-state index in [9.17, 15) is 9.59 Å². The second-order valence-electron chi connectivity index (χ2n) is 6.78. The number of hydrogen-bond acceptors (Lipinski definition) is 6. The minimum Gasteiger partial charge on any atom is -0.469 e. The highest BCUT2D eigenvalue weighted by Gasteiger charge is 2.20. The third-order valence-corrected chi connectivity index (χ3v) is 4.52. The zero-order valence-electron chi connectivity index (χ0n) is 17.5. The van der Waals surface area contributed by atoms with Gasteiger partial charge in [-0.1, -0.05) is 62.4 Å². The van der Waals surface area contributed by atoms with Crippen LogP contribution < -0.4 is 0 Å². The van der Waals surface area contributed by atoms with Crippen LogP contribution in [0, 0.1) is 11.8 Å². The lowest BCUT2D eigenvalue weighted by molar-refractivity contribution is -0.140. The lowest BCUT2D eigenvalue weighted by atomic mass is 10.1. The van der Waals surface area contributed by atoms with Gasteiger partial charge in [0.2, 0.25) is 5.69 Å². The van der Waals surface area contributed by atoms with E-state index in [2.05, 4.69) is 28.7 Å². The molecule has 1 rings (SSSR count). The Morgan fingerprint density at radius 2 is 1.68 bits per heavy atom. The van der Waals surface area contributed by atoms with E-state index in [1.807, 2.05) is 0 Å². The molecule has 0 N–H and O–H groups in total. The minimum absolute atomic E-state index is 0.147. The van der Waals surface area contributed by atoms with Gasteiger partial charge in [-0.2, -0.15) is 0 Å². The number of methoxy groups -OCH3 is 2. The summed E-state index contributed by atoms with van der Waals surface area (Å²) >= 11 is 0. The van der Waals surface area contributed by atoms with E-state index >= 15 is 0 Å².